The molecule has 0 aromatic carbocycles. The summed E-state index contributed by atoms with van der Waals surface area (Å²) in [6.07, 6.45) is 16.9. The molecule has 0 heterocycles. The Kier molecular flexibility index (Phi) is 166. The van der Waals surface area contributed by atoms with Crippen LogP contribution in [0.5, 0.6) is 0 Å². The van der Waals surface area contributed by atoms with Gasteiger partial charge in [0.25, 0.3) is 0 Å². The summed E-state index contributed by atoms with van der Waals surface area (Å²) in [5, 5.41) is 223. The Bertz CT molecular complexity index is 925. The van der Waals surface area contributed by atoms with E-state index in [2.05, 4.69) is 65.2 Å². The molecule has 97 heavy (non-hydrogen) atoms. The lowest BCUT2D eigenvalue weighted by Gasteiger charge is -1.97. The lowest BCUT2D eigenvalue weighted by Crippen LogP contribution is -2.17. The molecule has 28 N–H and O–H groups in total. The minimum Gasteiger partial charge on any atom is -0.402 e. The summed E-state index contributed by atoms with van der Waals surface area (Å²) >= 11 is 0. The number of rotatable bonds is 41. The van der Waals surface area contributed by atoms with Crippen molar-refractivity contribution in [3.05, 3.63) is 0 Å². The van der Waals surface area contributed by atoms with Crippen LogP contribution in [0, 0.1) is 0 Å². The Morgan fingerprint density at radius 3 is 0.237 bits per heavy atom. The van der Waals surface area contributed by atoms with E-state index in [0.29, 0.717) is 59.5 Å². The highest BCUT2D eigenvalue weighted by atomic mass is 16.7. The van der Waals surface area contributed by atoms with Crippen molar-refractivity contribution in [2.75, 3.05) is 95.0 Å². The van der Waals surface area contributed by atoms with Gasteiger partial charge in [0, 0.05) is 95.0 Å². The Balaban J connectivity index is -0.0000000640. The van der Waals surface area contributed by atoms with Crippen LogP contribution in [-0.4, -0.2) is 338 Å². The summed E-state index contributed by atoms with van der Waals surface area (Å²) in [4.78, 5) is 0. The van der Waals surface area contributed by atoms with Gasteiger partial charge in [-0.3, -0.25) is 0 Å². The third kappa shape index (κ3) is 281. The van der Waals surface area contributed by atoms with E-state index in [4.69, 9.17) is 141 Å². The molecule has 582 valence electrons. The first-order chi connectivity index (χ1) is 45.3. The summed E-state index contributed by atoms with van der Waals surface area (Å²) in [5.74, 6) is 0. The van der Waals surface area contributed by atoms with Crippen LogP contribution in [0.1, 0.15) is 178 Å². The summed E-state index contributed by atoms with van der Waals surface area (Å²) in [5.41, 5.74) is 0. The van der Waals surface area contributed by atoms with Gasteiger partial charge in [0.1, 0.15) is 0 Å². The van der Waals surface area contributed by atoms with Gasteiger partial charge in [-0.25, -0.2) is 0 Å². The molecule has 0 aromatic rings. The quantitative estimate of drug-likeness (QED) is 0.0200. The van der Waals surface area contributed by atoms with Crippen molar-refractivity contribution >= 4 is 102 Å². The lowest BCUT2D eigenvalue weighted by molar-refractivity contribution is 0.182. The van der Waals surface area contributed by atoms with E-state index in [1.165, 1.54) is 35.5 Å². The van der Waals surface area contributed by atoms with Gasteiger partial charge >= 0.3 is 102 Å². The van der Waals surface area contributed by atoms with Crippen LogP contribution in [-0.2, 0) is 65.2 Å². The molecule has 0 radical (unpaired) electrons. The molecule has 0 aliphatic heterocycles. The van der Waals surface area contributed by atoms with Crippen LogP contribution >= 0.6 is 0 Å². The van der Waals surface area contributed by atoms with E-state index in [1.807, 2.05) is 62.3 Å². The molecular formula is C41H124B14O42. The third-order valence-corrected chi connectivity index (χ3v) is 7.94. The first kappa shape index (κ1) is 129. The number of unbranched alkanes of at least 4 members (excludes halogenated alkanes) is 9. The van der Waals surface area contributed by atoms with Crippen molar-refractivity contribution in [2.45, 2.75) is 178 Å². The summed E-state index contributed by atoms with van der Waals surface area (Å²) in [6.45, 7) is 21.9. The Morgan fingerprint density at radius 1 is 0.144 bits per heavy atom. The Hall–Kier alpha value is -0.771. The van der Waals surface area contributed by atoms with E-state index >= 15 is 0 Å². The van der Waals surface area contributed by atoms with E-state index in [0.717, 1.165) is 116 Å². The predicted molar refractivity (Wildman–Crippen MR) is 365 cm³/mol. The highest BCUT2D eigenvalue weighted by molar-refractivity contribution is 6.35. The Labute approximate surface area is 579 Å². The summed E-state index contributed by atoms with van der Waals surface area (Å²) in [6, 6.07) is 0. The zero-order valence-electron chi connectivity index (χ0n) is 59.4. The highest BCUT2D eigenvalue weighted by Crippen LogP contribution is 1.92. The molecule has 0 bridgehead atoms. The number of hydrogen-bond acceptors (Lipinski definition) is 42. The maximum atomic E-state index is 8.11. The van der Waals surface area contributed by atoms with Crippen LogP contribution in [0.3, 0.4) is 0 Å². The van der Waals surface area contributed by atoms with Crippen molar-refractivity contribution in [2.24, 2.45) is 0 Å². The first-order valence-electron chi connectivity index (χ1n) is 30.5. The molecule has 0 saturated heterocycles. The second kappa shape index (κ2) is 125. The molecule has 0 rings (SSSR count). The zero-order valence-corrected chi connectivity index (χ0v) is 59.4. The normalized spacial score (nSPS) is 8.97. The van der Waals surface area contributed by atoms with Crippen LogP contribution in [0.2, 0.25) is 0 Å². The van der Waals surface area contributed by atoms with Gasteiger partial charge in [0.15, 0.2) is 0 Å². The molecule has 0 amide bonds. The fraction of sp³-hybridized carbons (Fsp3) is 1.00. The van der Waals surface area contributed by atoms with Gasteiger partial charge in [-0.05, 0) is 57.8 Å². The molecular weight excluding hydrogens is 1320 g/mol. The van der Waals surface area contributed by atoms with Gasteiger partial charge in [-0.2, -0.15) is 0 Å². The van der Waals surface area contributed by atoms with Gasteiger partial charge < -0.3 is 206 Å². The average molecular weight is 1440 g/mol. The topological polar surface area (TPSA) is 696 Å². The van der Waals surface area contributed by atoms with E-state index in [9.17, 15) is 0 Å². The third-order valence-electron chi connectivity index (χ3n) is 7.94. The lowest BCUT2D eigenvalue weighted by atomic mass is 10.2. The molecule has 0 aliphatic rings. The molecule has 0 aromatic heterocycles. The fourth-order valence-corrected chi connectivity index (χ4v) is 3.00. The second-order valence-corrected chi connectivity index (χ2v) is 16.8. The smallest absolute Gasteiger partial charge is 0.402 e. The van der Waals surface area contributed by atoms with Crippen LogP contribution < -0.4 is 0 Å². The molecule has 0 unspecified atom stereocenters. The highest BCUT2D eigenvalue weighted by Gasteiger charge is 2.11. The molecule has 56 heteroatoms. The SMILES string of the molecule is CCCCOB(O)O.CCCCOB(O)O.CCCCOB(O)O.CCCCOB(O)O.CCCCOB(O)O.CCCCOB(O)O.CCCCOB(O)O.CCCCOB(O)O.CCCCOB(O)O.COB(O)O.COB(O)O.COB(O)O.COB(O)O.COB(O)O. The van der Waals surface area contributed by atoms with Crippen LogP contribution in [0.25, 0.3) is 0 Å². The monoisotopic (exact) mass is 1440 g/mol. The molecule has 0 fully saturated rings. The molecule has 42 nitrogen and oxygen atoms in total. The second-order valence-electron chi connectivity index (χ2n) is 16.8. The maximum Gasteiger partial charge on any atom is 0.633 e. The standard InChI is InChI=1S/9C4H11BO3.5CH5BO3/c9*1-2-3-4-8-5(6)7;5*1-5-2(3)4/h9*6-7H,2-4H2,1H3;5*3-4H,1H3. The van der Waals surface area contributed by atoms with E-state index < -0.39 is 102 Å². The van der Waals surface area contributed by atoms with Gasteiger partial charge in [0.05, 0.1) is 0 Å². The van der Waals surface area contributed by atoms with Crippen LogP contribution in [0.4, 0.5) is 0 Å². The van der Waals surface area contributed by atoms with Crippen molar-refractivity contribution in [1.82, 2.24) is 0 Å². The Morgan fingerprint density at radius 2 is 0.206 bits per heavy atom. The van der Waals surface area contributed by atoms with Gasteiger partial charge in [-0.15, -0.1) is 0 Å². The fourth-order valence-electron chi connectivity index (χ4n) is 3.00. The van der Waals surface area contributed by atoms with Gasteiger partial charge in [0.2, 0.25) is 0 Å². The summed E-state index contributed by atoms with van der Waals surface area (Å²) in [7, 11) is -16.4. The number of hydrogen-bond donors (Lipinski definition) is 28. The largest absolute Gasteiger partial charge is 0.633 e. The molecule has 0 saturated carbocycles. The van der Waals surface area contributed by atoms with Crippen molar-refractivity contribution in [3.8, 4) is 0 Å². The zero-order chi connectivity index (χ0) is 79.1. The predicted octanol–water partition coefficient (Wildman–Crippen LogP) is -9.04. The molecule has 0 atom stereocenters. The minimum absolute atomic E-state index is 0.425. The van der Waals surface area contributed by atoms with E-state index in [1.54, 1.807) is 0 Å². The van der Waals surface area contributed by atoms with E-state index in [-0.39, 0.29) is 0 Å². The first-order valence-corrected chi connectivity index (χ1v) is 30.5. The average Bonchev–Trinajstić information content (AvgIpc) is 3.52. The molecule has 0 aliphatic carbocycles. The van der Waals surface area contributed by atoms with Crippen molar-refractivity contribution in [3.63, 3.8) is 0 Å². The molecule has 0 spiro atoms. The van der Waals surface area contributed by atoms with Crippen molar-refractivity contribution < 1.29 is 206 Å². The van der Waals surface area contributed by atoms with Crippen molar-refractivity contribution in [1.29, 1.82) is 0 Å². The maximum absolute atomic E-state index is 8.11. The van der Waals surface area contributed by atoms with Gasteiger partial charge in [-0.1, -0.05) is 120 Å². The summed E-state index contributed by atoms with van der Waals surface area (Å²) < 4.78 is 58.8. The minimum atomic E-state index is -1.62. The van der Waals surface area contributed by atoms with Crippen LogP contribution in [0.15, 0.2) is 0 Å².